The third kappa shape index (κ3) is 3.46. The molecule has 88 valence electrons. The summed E-state index contributed by atoms with van der Waals surface area (Å²) in [6.07, 6.45) is 5.74. The Morgan fingerprint density at radius 2 is 1.88 bits per heavy atom. The molecule has 1 aromatic rings. The second-order valence-corrected chi connectivity index (χ2v) is 6.23. The van der Waals surface area contributed by atoms with Gasteiger partial charge in [0.1, 0.15) is 0 Å². The Labute approximate surface area is 109 Å². The zero-order valence-corrected chi connectivity index (χ0v) is 11.4. The van der Waals surface area contributed by atoms with Crippen molar-refractivity contribution in [3.05, 3.63) is 35.9 Å². The van der Waals surface area contributed by atoms with Gasteiger partial charge in [-0.1, -0.05) is 43.2 Å². The topological polar surface area (TPSA) is 0 Å². The van der Waals surface area contributed by atoms with Crippen LogP contribution in [0.15, 0.2) is 30.3 Å². The number of rotatable bonds is 5. The summed E-state index contributed by atoms with van der Waals surface area (Å²) in [4.78, 5) is 0. The molecule has 0 aromatic heterocycles. The Balaban J connectivity index is 1.85. The van der Waals surface area contributed by atoms with E-state index in [9.17, 15) is 0 Å². The van der Waals surface area contributed by atoms with Crippen molar-refractivity contribution in [2.75, 3.05) is 11.5 Å². The van der Waals surface area contributed by atoms with Gasteiger partial charge in [-0.15, -0.1) is 0 Å². The molecule has 0 heterocycles. The van der Waals surface area contributed by atoms with Crippen molar-refractivity contribution < 1.29 is 0 Å². The molecule has 0 radical (unpaired) electrons. The zero-order valence-electron chi connectivity index (χ0n) is 9.64. The van der Waals surface area contributed by atoms with E-state index < -0.39 is 0 Å². The van der Waals surface area contributed by atoms with Crippen LogP contribution < -0.4 is 0 Å². The van der Waals surface area contributed by atoms with Gasteiger partial charge in [-0.3, -0.25) is 0 Å². The molecule has 1 aliphatic rings. The van der Waals surface area contributed by atoms with Crippen LogP contribution in [-0.4, -0.2) is 16.8 Å². The van der Waals surface area contributed by atoms with Crippen LogP contribution >= 0.6 is 24.4 Å². The normalized spacial score (nSPS) is 18.8. The molecule has 0 bridgehead atoms. The molecular formula is C14H20S2. The highest BCUT2D eigenvalue weighted by atomic mass is 32.2. The van der Waals surface area contributed by atoms with Crippen LogP contribution in [0.2, 0.25) is 0 Å². The molecule has 2 rings (SSSR count). The van der Waals surface area contributed by atoms with Crippen LogP contribution in [0.1, 0.15) is 37.2 Å². The fourth-order valence-electron chi connectivity index (χ4n) is 2.29. The minimum atomic E-state index is 0.620. The number of thiol groups is 1. The first-order chi connectivity index (χ1) is 7.90. The molecule has 0 nitrogen and oxygen atoms in total. The zero-order chi connectivity index (χ0) is 11.2. The van der Waals surface area contributed by atoms with Gasteiger partial charge in [0, 0.05) is 16.9 Å². The van der Waals surface area contributed by atoms with Crippen LogP contribution in [0.5, 0.6) is 0 Å². The molecule has 0 amide bonds. The Morgan fingerprint density at radius 3 is 2.50 bits per heavy atom. The molecule has 1 aliphatic carbocycles. The van der Waals surface area contributed by atoms with Gasteiger partial charge in [-0.05, 0) is 24.2 Å². The van der Waals surface area contributed by atoms with E-state index in [0.717, 1.165) is 11.0 Å². The number of hydrogen-bond donors (Lipinski definition) is 1. The van der Waals surface area contributed by atoms with Gasteiger partial charge >= 0.3 is 0 Å². The van der Waals surface area contributed by atoms with E-state index in [1.807, 2.05) is 0 Å². The molecule has 0 aliphatic heterocycles. The van der Waals surface area contributed by atoms with Crippen LogP contribution in [0.4, 0.5) is 0 Å². The SMILES string of the molecule is SCC(CSC1CCCC1)c1ccccc1. The van der Waals surface area contributed by atoms with Gasteiger partial charge in [0.05, 0.1) is 0 Å². The average molecular weight is 252 g/mol. The minimum Gasteiger partial charge on any atom is -0.179 e. The fraction of sp³-hybridized carbons (Fsp3) is 0.571. The second kappa shape index (κ2) is 6.61. The monoisotopic (exact) mass is 252 g/mol. The van der Waals surface area contributed by atoms with E-state index in [4.69, 9.17) is 0 Å². The third-order valence-corrected chi connectivity index (χ3v) is 5.31. The number of thioether (sulfide) groups is 1. The maximum atomic E-state index is 4.49. The average Bonchev–Trinajstić information content (AvgIpc) is 2.84. The summed E-state index contributed by atoms with van der Waals surface area (Å²) in [5.41, 5.74) is 1.45. The van der Waals surface area contributed by atoms with Crippen molar-refractivity contribution >= 4 is 24.4 Å². The molecule has 0 N–H and O–H groups in total. The van der Waals surface area contributed by atoms with E-state index in [2.05, 4.69) is 54.7 Å². The molecule has 0 spiro atoms. The maximum absolute atomic E-state index is 4.49. The molecule has 1 fully saturated rings. The highest BCUT2D eigenvalue weighted by Gasteiger charge is 2.18. The fourth-order valence-corrected chi connectivity index (χ4v) is 4.28. The molecular weight excluding hydrogens is 232 g/mol. The lowest BCUT2D eigenvalue weighted by Gasteiger charge is -2.17. The van der Waals surface area contributed by atoms with Gasteiger partial charge in [0.25, 0.3) is 0 Å². The van der Waals surface area contributed by atoms with Crippen molar-refractivity contribution in [3.63, 3.8) is 0 Å². The summed E-state index contributed by atoms with van der Waals surface area (Å²) in [5.74, 6) is 2.82. The minimum absolute atomic E-state index is 0.620. The smallest absolute Gasteiger partial charge is 0.00472 e. The van der Waals surface area contributed by atoms with E-state index in [1.165, 1.54) is 37.0 Å². The van der Waals surface area contributed by atoms with E-state index in [0.29, 0.717) is 5.92 Å². The third-order valence-electron chi connectivity index (χ3n) is 3.33. The van der Waals surface area contributed by atoms with Crippen molar-refractivity contribution in [2.24, 2.45) is 0 Å². The maximum Gasteiger partial charge on any atom is 0.00472 e. The molecule has 1 aromatic carbocycles. The first-order valence-electron chi connectivity index (χ1n) is 6.17. The van der Waals surface area contributed by atoms with Crippen LogP contribution in [0.3, 0.4) is 0 Å². The predicted octanol–water partition coefficient (Wildman–Crippen LogP) is 4.38. The van der Waals surface area contributed by atoms with Crippen LogP contribution in [-0.2, 0) is 0 Å². The van der Waals surface area contributed by atoms with Gasteiger partial charge in [-0.2, -0.15) is 24.4 Å². The largest absolute Gasteiger partial charge is 0.179 e. The summed E-state index contributed by atoms with van der Waals surface area (Å²) in [7, 11) is 0. The molecule has 0 saturated heterocycles. The van der Waals surface area contributed by atoms with E-state index >= 15 is 0 Å². The standard InChI is InChI=1S/C14H20S2/c15-10-13(12-6-2-1-3-7-12)11-16-14-8-4-5-9-14/h1-3,6-7,13-15H,4-5,8-11H2. The number of hydrogen-bond acceptors (Lipinski definition) is 2. The second-order valence-electron chi connectivity index (χ2n) is 4.53. The van der Waals surface area contributed by atoms with Crippen molar-refractivity contribution in [1.82, 2.24) is 0 Å². The van der Waals surface area contributed by atoms with Gasteiger partial charge in [0.15, 0.2) is 0 Å². The lowest BCUT2D eigenvalue weighted by atomic mass is 10.0. The van der Waals surface area contributed by atoms with Gasteiger partial charge in [0.2, 0.25) is 0 Å². The lowest BCUT2D eigenvalue weighted by molar-refractivity contribution is 0.869. The summed E-state index contributed by atoms with van der Waals surface area (Å²) in [6.45, 7) is 0. The van der Waals surface area contributed by atoms with Crippen molar-refractivity contribution in [1.29, 1.82) is 0 Å². The Hall–Kier alpha value is -0.0800. The quantitative estimate of drug-likeness (QED) is 0.759. The molecule has 1 atom stereocenters. The number of benzene rings is 1. The van der Waals surface area contributed by atoms with E-state index in [-0.39, 0.29) is 0 Å². The summed E-state index contributed by atoms with van der Waals surface area (Å²) < 4.78 is 0. The summed E-state index contributed by atoms with van der Waals surface area (Å²) >= 11 is 6.65. The summed E-state index contributed by atoms with van der Waals surface area (Å²) in [5, 5.41) is 0.922. The van der Waals surface area contributed by atoms with Crippen LogP contribution in [0, 0.1) is 0 Å². The molecule has 1 saturated carbocycles. The van der Waals surface area contributed by atoms with Crippen LogP contribution in [0.25, 0.3) is 0 Å². The first kappa shape index (κ1) is 12.4. The van der Waals surface area contributed by atoms with Gasteiger partial charge < -0.3 is 0 Å². The molecule has 16 heavy (non-hydrogen) atoms. The molecule has 2 heteroatoms. The van der Waals surface area contributed by atoms with Crippen molar-refractivity contribution in [3.8, 4) is 0 Å². The van der Waals surface area contributed by atoms with Crippen molar-refractivity contribution in [2.45, 2.75) is 36.9 Å². The molecule has 1 unspecified atom stereocenters. The lowest BCUT2D eigenvalue weighted by Crippen LogP contribution is -2.07. The summed E-state index contributed by atoms with van der Waals surface area (Å²) in [6, 6.07) is 10.8. The van der Waals surface area contributed by atoms with E-state index in [1.54, 1.807) is 0 Å². The first-order valence-corrected chi connectivity index (χ1v) is 7.85. The Bertz CT molecular complexity index is 291. The highest BCUT2D eigenvalue weighted by Crippen LogP contribution is 2.33. The predicted molar refractivity (Wildman–Crippen MR) is 77.8 cm³/mol. The van der Waals surface area contributed by atoms with Gasteiger partial charge in [-0.25, -0.2) is 0 Å². The Morgan fingerprint density at radius 1 is 1.19 bits per heavy atom. The Kier molecular flexibility index (Phi) is 5.11. The highest BCUT2D eigenvalue weighted by molar-refractivity contribution is 8.00.